The number of aryl methyl sites for hydroxylation is 1. The number of anilines is 3. The molecule has 252 valence electrons. The number of fused-ring (bicyclic) bond motifs is 3. The molecule has 0 atom stereocenters. The minimum atomic E-state index is -4.71. The topological polar surface area (TPSA) is 126 Å². The van der Waals surface area contributed by atoms with Crippen LogP contribution in [-0.4, -0.2) is 78.2 Å². The molecule has 3 aliphatic rings. The number of piperazine rings is 1. The van der Waals surface area contributed by atoms with Gasteiger partial charge in [0.2, 0.25) is 5.95 Å². The minimum Gasteiger partial charge on any atom is -0.481 e. The van der Waals surface area contributed by atoms with E-state index in [1.807, 2.05) is 12.1 Å². The summed E-state index contributed by atoms with van der Waals surface area (Å²) in [6, 6.07) is 12.0. The Labute approximate surface area is 272 Å². The number of rotatable bonds is 11. The molecule has 0 bridgehead atoms. The number of nitrogens with two attached hydrogens (primary N) is 1. The molecule has 1 aliphatic heterocycles. The van der Waals surface area contributed by atoms with Gasteiger partial charge in [0, 0.05) is 62.7 Å². The Kier molecular flexibility index (Phi) is 10.0. The van der Waals surface area contributed by atoms with Gasteiger partial charge in [0.1, 0.15) is 11.6 Å². The lowest BCUT2D eigenvalue weighted by Crippen LogP contribution is -2.48. The number of benzene rings is 2. The molecule has 6 rings (SSSR count). The van der Waals surface area contributed by atoms with Crippen molar-refractivity contribution in [3.8, 4) is 17.0 Å². The SMILES string of the molecule is Nc1nc2c(c(N3CCN(CCOCC4CCC(C(=O)O)CC4)CC3)n1)CCc1cc(NCc3ccc(OC(F)(F)F)cc3)ccc1-2. The summed E-state index contributed by atoms with van der Waals surface area (Å²) in [5.74, 6) is 0.510. The Hall–Kier alpha value is -4.10. The van der Waals surface area contributed by atoms with E-state index in [1.165, 1.54) is 12.1 Å². The minimum absolute atomic E-state index is 0.192. The second-order valence-corrected chi connectivity index (χ2v) is 12.6. The van der Waals surface area contributed by atoms with Crippen LogP contribution >= 0.6 is 0 Å². The van der Waals surface area contributed by atoms with E-state index in [0.717, 1.165) is 111 Å². The lowest BCUT2D eigenvalue weighted by Gasteiger charge is -2.37. The van der Waals surface area contributed by atoms with E-state index in [-0.39, 0.29) is 17.6 Å². The molecular formula is C34H41F3N6O4. The number of hydrogen-bond donors (Lipinski definition) is 3. The molecule has 1 aromatic heterocycles. The smallest absolute Gasteiger partial charge is 0.481 e. The number of carbonyl (C=O) groups is 1. The van der Waals surface area contributed by atoms with Gasteiger partial charge in [0.15, 0.2) is 0 Å². The summed E-state index contributed by atoms with van der Waals surface area (Å²) < 4.78 is 47.3. The molecule has 10 nitrogen and oxygen atoms in total. The van der Waals surface area contributed by atoms with Gasteiger partial charge >= 0.3 is 12.3 Å². The third-order valence-corrected chi connectivity index (χ3v) is 9.43. The quantitative estimate of drug-likeness (QED) is 0.233. The Morgan fingerprint density at radius 3 is 2.45 bits per heavy atom. The molecule has 0 amide bonds. The van der Waals surface area contributed by atoms with E-state index in [2.05, 4.69) is 35.9 Å². The van der Waals surface area contributed by atoms with Crippen LogP contribution in [0.15, 0.2) is 42.5 Å². The fourth-order valence-electron chi connectivity index (χ4n) is 6.82. The van der Waals surface area contributed by atoms with E-state index < -0.39 is 12.3 Å². The van der Waals surface area contributed by atoms with Gasteiger partial charge in [0.05, 0.1) is 18.2 Å². The first kappa shape index (κ1) is 32.8. The zero-order valence-electron chi connectivity index (χ0n) is 26.3. The van der Waals surface area contributed by atoms with Crippen molar-refractivity contribution in [2.24, 2.45) is 11.8 Å². The van der Waals surface area contributed by atoms with Crippen molar-refractivity contribution < 1.29 is 32.5 Å². The van der Waals surface area contributed by atoms with Crippen molar-refractivity contribution in [3.63, 3.8) is 0 Å². The Morgan fingerprint density at radius 1 is 1.00 bits per heavy atom. The number of alkyl halides is 3. The highest BCUT2D eigenvalue weighted by atomic mass is 19.4. The molecule has 4 N–H and O–H groups in total. The highest BCUT2D eigenvalue weighted by molar-refractivity contribution is 5.77. The standard InChI is InChI=1S/C34H41F3N6O4/c35-34(36,37)47-27-9-3-22(4-10-27)20-39-26-8-12-28-25(19-26)7-11-29-30(28)40-33(38)41-31(29)43-15-13-42(14-16-43)17-18-46-21-23-1-5-24(6-2-23)32(44)45/h3-4,8-10,12,19,23-24,39H,1-2,5-7,11,13-18,20-21H2,(H,44,45)(H2,38,40,41). The maximum Gasteiger partial charge on any atom is 0.573 e. The van der Waals surface area contributed by atoms with Gasteiger partial charge in [0.25, 0.3) is 0 Å². The molecular weight excluding hydrogens is 613 g/mol. The van der Waals surface area contributed by atoms with E-state index >= 15 is 0 Å². The van der Waals surface area contributed by atoms with Crippen molar-refractivity contribution in [1.82, 2.24) is 14.9 Å². The number of hydrogen-bond acceptors (Lipinski definition) is 9. The fourth-order valence-corrected chi connectivity index (χ4v) is 6.82. The van der Waals surface area contributed by atoms with Crippen LogP contribution in [-0.2, 0) is 28.9 Å². The molecule has 0 unspecified atom stereocenters. The normalized spacial score (nSPS) is 19.9. The van der Waals surface area contributed by atoms with Gasteiger partial charge < -0.3 is 30.5 Å². The summed E-state index contributed by atoms with van der Waals surface area (Å²) in [4.78, 5) is 25.2. The predicted octanol–water partition coefficient (Wildman–Crippen LogP) is 5.36. The zero-order valence-corrected chi connectivity index (χ0v) is 26.3. The molecule has 0 radical (unpaired) electrons. The lowest BCUT2D eigenvalue weighted by molar-refractivity contribution is -0.274. The predicted molar refractivity (Wildman–Crippen MR) is 172 cm³/mol. The van der Waals surface area contributed by atoms with E-state index in [9.17, 15) is 23.1 Å². The second kappa shape index (κ2) is 14.3. The summed E-state index contributed by atoms with van der Waals surface area (Å²) in [7, 11) is 0. The average Bonchev–Trinajstić information content (AvgIpc) is 3.05. The largest absolute Gasteiger partial charge is 0.573 e. The molecule has 2 aromatic carbocycles. The first-order chi connectivity index (χ1) is 22.6. The van der Waals surface area contributed by atoms with Crippen molar-refractivity contribution in [3.05, 3.63) is 59.2 Å². The van der Waals surface area contributed by atoms with Crippen molar-refractivity contribution in [2.45, 2.75) is 51.4 Å². The number of carboxylic acids is 1. The number of aliphatic carboxylic acids is 1. The van der Waals surface area contributed by atoms with Gasteiger partial charge in [-0.3, -0.25) is 9.69 Å². The molecule has 3 aromatic rings. The van der Waals surface area contributed by atoms with Crippen LogP contribution in [0.4, 0.5) is 30.6 Å². The Morgan fingerprint density at radius 2 is 1.74 bits per heavy atom. The van der Waals surface area contributed by atoms with E-state index in [0.29, 0.717) is 25.7 Å². The molecule has 2 heterocycles. The Bertz CT molecular complexity index is 1540. The summed E-state index contributed by atoms with van der Waals surface area (Å²) in [6.07, 6.45) is 0.267. The first-order valence-electron chi connectivity index (χ1n) is 16.3. The molecule has 2 fully saturated rings. The average molecular weight is 655 g/mol. The lowest BCUT2D eigenvalue weighted by atomic mass is 9.82. The summed E-state index contributed by atoms with van der Waals surface area (Å²) >= 11 is 0. The molecule has 47 heavy (non-hydrogen) atoms. The van der Waals surface area contributed by atoms with Crippen molar-refractivity contribution in [1.29, 1.82) is 0 Å². The highest BCUT2D eigenvalue weighted by Gasteiger charge is 2.31. The number of nitrogens with one attached hydrogen (secondary N) is 1. The third kappa shape index (κ3) is 8.44. The number of ether oxygens (including phenoxy) is 2. The molecule has 0 spiro atoms. The van der Waals surface area contributed by atoms with Gasteiger partial charge in [-0.1, -0.05) is 18.2 Å². The van der Waals surface area contributed by atoms with Crippen LogP contribution in [0.3, 0.4) is 0 Å². The summed E-state index contributed by atoms with van der Waals surface area (Å²) in [6.45, 7) is 6.16. The van der Waals surface area contributed by atoms with E-state index in [1.54, 1.807) is 12.1 Å². The van der Waals surface area contributed by atoms with Gasteiger partial charge in [-0.05, 0) is 79.8 Å². The van der Waals surface area contributed by atoms with E-state index in [4.69, 9.17) is 10.5 Å². The Balaban J connectivity index is 1.01. The van der Waals surface area contributed by atoms with Crippen molar-refractivity contribution >= 4 is 23.4 Å². The van der Waals surface area contributed by atoms with Crippen molar-refractivity contribution in [2.75, 3.05) is 61.9 Å². The number of aromatic nitrogens is 2. The molecule has 2 aliphatic carbocycles. The number of nitrogen functional groups attached to an aromatic ring is 1. The van der Waals surface area contributed by atoms with Gasteiger partial charge in [-0.15, -0.1) is 13.2 Å². The molecule has 1 saturated heterocycles. The molecule has 1 saturated carbocycles. The fraction of sp³-hybridized carbons (Fsp3) is 0.500. The van der Waals surface area contributed by atoms with Crippen LogP contribution in [0.5, 0.6) is 5.75 Å². The monoisotopic (exact) mass is 654 g/mol. The van der Waals surface area contributed by atoms with Crippen LogP contribution in [0.2, 0.25) is 0 Å². The molecule has 13 heteroatoms. The van der Waals surface area contributed by atoms with Crippen LogP contribution in [0, 0.1) is 11.8 Å². The maximum absolute atomic E-state index is 12.4. The number of carboxylic acid groups (broad SMARTS) is 1. The maximum atomic E-state index is 12.4. The number of nitrogens with zero attached hydrogens (tertiary/aromatic N) is 4. The number of halogens is 3. The van der Waals surface area contributed by atoms with Crippen LogP contribution in [0.25, 0.3) is 11.3 Å². The van der Waals surface area contributed by atoms with Gasteiger partial charge in [-0.25, -0.2) is 4.98 Å². The zero-order chi connectivity index (χ0) is 33.0. The van der Waals surface area contributed by atoms with Gasteiger partial charge in [-0.2, -0.15) is 4.98 Å². The second-order valence-electron chi connectivity index (χ2n) is 12.6. The van der Waals surface area contributed by atoms with Crippen LogP contribution < -0.4 is 20.7 Å². The highest BCUT2D eigenvalue weighted by Crippen LogP contribution is 2.38. The third-order valence-electron chi connectivity index (χ3n) is 9.43. The summed E-state index contributed by atoms with van der Waals surface area (Å²) in [5.41, 5.74) is 12.2. The summed E-state index contributed by atoms with van der Waals surface area (Å²) in [5, 5.41) is 12.5. The first-order valence-corrected chi connectivity index (χ1v) is 16.3. The van der Waals surface area contributed by atoms with Crippen LogP contribution in [0.1, 0.15) is 42.4 Å².